The van der Waals surface area contributed by atoms with Crippen LogP contribution in [0.5, 0.6) is 0 Å². The Hall–Kier alpha value is -2.98. The molecule has 2 amide bonds. The maximum Gasteiger partial charge on any atom is 0.319 e. The maximum absolute atomic E-state index is 13.2. The SMILES string of the molecule is Cc1ccc(NC(=O)NCC2CCCN(S(=O)(=O)c3c(C)cccc3[N+](=O)[O-])C2)cc1. The molecular formula is C21H26N4O5S. The maximum atomic E-state index is 13.2. The summed E-state index contributed by atoms with van der Waals surface area (Å²) in [6.07, 6.45) is 1.37. The zero-order chi connectivity index (χ0) is 22.6. The van der Waals surface area contributed by atoms with E-state index in [9.17, 15) is 23.3 Å². The van der Waals surface area contributed by atoms with Crippen LogP contribution in [0.3, 0.4) is 0 Å². The summed E-state index contributed by atoms with van der Waals surface area (Å²) in [5.74, 6) is -0.0876. The smallest absolute Gasteiger partial charge is 0.319 e. The normalized spacial score (nSPS) is 17.2. The molecule has 2 aromatic carbocycles. The summed E-state index contributed by atoms with van der Waals surface area (Å²) in [5, 5.41) is 16.9. The first-order chi connectivity index (χ1) is 14.7. The summed E-state index contributed by atoms with van der Waals surface area (Å²) in [4.78, 5) is 22.6. The van der Waals surface area contributed by atoms with Gasteiger partial charge in [-0.05, 0) is 50.3 Å². The highest BCUT2D eigenvalue weighted by Crippen LogP contribution is 2.32. The molecule has 31 heavy (non-hydrogen) atoms. The fourth-order valence-corrected chi connectivity index (χ4v) is 5.62. The Morgan fingerprint density at radius 2 is 1.90 bits per heavy atom. The second-order valence-corrected chi connectivity index (χ2v) is 9.63. The monoisotopic (exact) mass is 446 g/mol. The number of urea groups is 1. The van der Waals surface area contributed by atoms with Gasteiger partial charge in [0, 0.05) is 31.4 Å². The highest BCUT2D eigenvalue weighted by Gasteiger charge is 2.36. The third-order valence-electron chi connectivity index (χ3n) is 5.33. The number of aryl methyl sites for hydroxylation is 2. The minimum absolute atomic E-state index is 0.0876. The van der Waals surface area contributed by atoms with E-state index in [0.717, 1.165) is 12.0 Å². The Balaban J connectivity index is 1.66. The molecule has 1 aliphatic heterocycles. The predicted octanol–water partition coefficient (Wildman–Crippen LogP) is 3.43. The molecule has 0 aliphatic carbocycles. The average molecular weight is 447 g/mol. The molecule has 2 N–H and O–H groups in total. The molecule has 3 rings (SSSR count). The first-order valence-corrected chi connectivity index (χ1v) is 11.5. The van der Waals surface area contributed by atoms with Crippen LogP contribution in [0.2, 0.25) is 0 Å². The number of nitro benzene ring substituents is 1. The molecule has 166 valence electrons. The summed E-state index contributed by atoms with van der Waals surface area (Å²) in [6, 6.07) is 11.3. The Bertz CT molecular complexity index is 1070. The molecule has 1 atom stereocenters. The minimum atomic E-state index is -4.03. The highest BCUT2D eigenvalue weighted by molar-refractivity contribution is 7.89. The number of amides is 2. The van der Waals surface area contributed by atoms with Crippen LogP contribution in [-0.4, -0.2) is 43.3 Å². The van der Waals surface area contributed by atoms with E-state index >= 15 is 0 Å². The molecule has 0 aromatic heterocycles. The lowest BCUT2D eigenvalue weighted by atomic mass is 10.00. The van der Waals surface area contributed by atoms with E-state index in [1.54, 1.807) is 25.1 Å². The van der Waals surface area contributed by atoms with Gasteiger partial charge in [0.2, 0.25) is 10.0 Å². The van der Waals surface area contributed by atoms with E-state index in [4.69, 9.17) is 0 Å². The Kier molecular flexibility index (Phi) is 6.91. The summed E-state index contributed by atoms with van der Waals surface area (Å²) < 4.78 is 27.7. The number of anilines is 1. The van der Waals surface area contributed by atoms with Crippen molar-refractivity contribution in [1.82, 2.24) is 9.62 Å². The molecule has 2 aromatic rings. The fourth-order valence-electron chi connectivity index (χ4n) is 3.71. The average Bonchev–Trinajstić information content (AvgIpc) is 2.73. The van der Waals surface area contributed by atoms with Crippen molar-refractivity contribution in [3.63, 3.8) is 0 Å². The van der Waals surface area contributed by atoms with E-state index in [1.807, 2.05) is 19.1 Å². The molecule has 10 heteroatoms. The van der Waals surface area contributed by atoms with Crippen molar-refractivity contribution in [3.8, 4) is 0 Å². The van der Waals surface area contributed by atoms with Crippen molar-refractivity contribution in [1.29, 1.82) is 0 Å². The van der Waals surface area contributed by atoms with Gasteiger partial charge in [0.25, 0.3) is 5.69 Å². The number of benzene rings is 2. The van der Waals surface area contributed by atoms with E-state index < -0.39 is 20.6 Å². The molecule has 0 radical (unpaired) electrons. The van der Waals surface area contributed by atoms with Crippen molar-refractivity contribution < 1.29 is 18.1 Å². The van der Waals surface area contributed by atoms with E-state index in [2.05, 4.69) is 10.6 Å². The second kappa shape index (κ2) is 9.44. The molecule has 1 saturated heterocycles. The number of carbonyl (C=O) groups excluding carboxylic acids is 1. The molecular weight excluding hydrogens is 420 g/mol. The van der Waals surface area contributed by atoms with E-state index in [0.29, 0.717) is 30.8 Å². The molecule has 0 spiro atoms. The first kappa shape index (κ1) is 22.7. The van der Waals surface area contributed by atoms with Crippen LogP contribution in [-0.2, 0) is 10.0 Å². The number of hydrogen-bond acceptors (Lipinski definition) is 5. The van der Waals surface area contributed by atoms with Gasteiger partial charge in [-0.2, -0.15) is 4.31 Å². The zero-order valence-electron chi connectivity index (χ0n) is 17.5. The van der Waals surface area contributed by atoms with Gasteiger partial charge in [0.15, 0.2) is 4.90 Å². The lowest BCUT2D eigenvalue weighted by molar-refractivity contribution is -0.387. The van der Waals surface area contributed by atoms with E-state index in [1.165, 1.54) is 16.4 Å². The van der Waals surface area contributed by atoms with E-state index in [-0.39, 0.29) is 23.4 Å². The van der Waals surface area contributed by atoms with Gasteiger partial charge in [0.1, 0.15) is 0 Å². The predicted molar refractivity (Wildman–Crippen MR) is 118 cm³/mol. The van der Waals surface area contributed by atoms with Crippen LogP contribution in [0.25, 0.3) is 0 Å². The van der Waals surface area contributed by atoms with Crippen LogP contribution < -0.4 is 10.6 Å². The van der Waals surface area contributed by atoms with Crippen molar-refractivity contribution in [2.24, 2.45) is 5.92 Å². The van der Waals surface area contributed by atoms with Crippen LogP contribution in [0.1, 0.15) is 24.0 Å². The third-order valence-corrected chi connectivity index (χ3v) is 7.39. The number of rotatable bonds is 6. The van der Waals surface area contributed by atoms with Crippen molar-refractivity contribution >= 4 is 27.4 Å². The lowest BCUT2D eigenvalue weighted by Gasteiger charge is -2.32. The molecule has 0 saturated carbocycles. The van der Waals surface area contributed by atoms with Gasteiger partial charge >= 0.3 is 6.03 Å². The largest absolute Gasteiger partial charge is 0.338 e. The number of hydrogen-bond donors (Lipinski definition) is 2. The van der Waals surface area contributed by atoms with Crippen LogP contribution in [0.15, 0.2) is 47.4 Å². The second-order valence-electron chi connectivity index (χ2n) is 7.75. The van der Waals surface area contributed by atoms with Gasteiger partial charge in [-0.1, -0.05) is 29.8 Å². The summed E-state index contributed by atoms with van der Waals surface area (Å²) >= 11 is 0. The zero-order valence-corrected chi connectivity index (χ0v) is 18.3. The number of nitrogens with zero attached hydrogens (tertiary/aromatic N) is 2. The van der Waals surface area contributed by atoms with Gasteiger partial charge in [-0.25, -0.2) is 13.2 Å². The summed E-state index contributed by atoms with van der Waals surface area (Å²) in [6.45, 7) is 4.30. The molecule has 1 unspecified atom stereocenters. The first-order valence-electron chi connectivity index (χ1n) is 10.0. The summed E-state index contributed by atoms with van der Waals surface area (Å²) in [5.41, 5.74) is 1.68. The molecule has 1 fully saturated rings. The summed E-state index contributed by atoms with van der Waals surface area (Å²) in [7, 11) is -4.03. The lowest BCUT2D eigenvalue weighted by Crippen LogP contribution is -2.44. The quantitative estimate of drug-likeness (QED) is 0.520. The van der Waals surface area contributed by atoms with Crippen molar-refractivity contribution in [3.05, 3.63) is 63.7 Å². The number of carbonyl (C=O) groups is 1. The Morgan fingerprint density at radius 1 is 1.19 bits per heavy atom. The van der Waals surface area contributed by atoms with Gasteiger partial charge < -0.3 is 10.6 Å². The highest BCUT2D eigenvalue weighted by atomic mass is 32.2. The topological polar surface area (TPSA) is 122 Å². The molecule has 0 bridgehead atoms. The van der Waals surface area contributed by atoms with Gasteiger partial charge in [-0.15, -0.1) is 0 Å². The van der Waals surface area contributed by atoms with Gasteiger partial charge in [-0.3, -0.25) is 10.1 Å². The van der Waals surface area contributed by atoms with Gasteiger partial charge in [0.05, 0.1) is 4.92 Å². The molecule has 1 heterocycles. The van der Waals surface area contributed by atoms with Crippen LogP contribution in [0.4, 0.5) is 16.2 Å². The Morgan fingerprint density at radius 3 is 2.58 bits per heavy atom. The standard InChI is InChI=1S/C21H26N4O5S/c1-15-8-10-18(11-9-15)23-21(26)22-13-17-6-4-12-24(14-17)31(29,30)20-16(2)5-3-7-19(20)25(27)28/h3,5,7-11,17H,4,6,12-14H2,1-2H3,(H2,22,23,26). The number of piperidine rings is 1. The van der Waals surface area contributed by atoms with Crippen LogP contribution >= 0.6 is 0 Å². The number of nitro groups is 1. The number of nitrogens with one attached hydrogen (secondary N) is 2. The third kappa shape index (κ3) is 5.39. The molecule has 1 aliphatic rings. The van der Waals surface area contributed by atoms with Crippen LogP contribution in [0, 0.1) is 29.9 Å². The number of sulfonamides is 1. The van der Waals surface area contributed by atoms with Crippen molar-refractivity contribution in [2.45, 2.75) is 31.6 Å². The molecule has 9 nitrogen and oxygen atoms in total. The van der Waals surface area contributed by atoms with Crippen molar-refractivity contribution in [2.75, 3.05) is 25.0 Å². The minimum Gasteiger partial charge on any atom is -0.338 e. The fraction of sp³-hybridized carbons (Fsp3) is 0.381. The Labute approximate surface area is 181 Å².